The van der Waals surface area contributed by atoms with Gasteiger partial charge in [-0.05, 0) is 13.3 Å². The molecular weight excluding hydrogens is 272 g/mol. The molecule has 0 radical (unpaired) electrons. The van der Waals surface area contributed by atoms with Crippen LogP contribution >= 0.6 is 0 Å². The van der Waals surface area contributed by atoms with Crippen molar-refractivity contribution in [2.45, 2.75) is 26.0 Å². The van der Waals surface area contributed by atoms with Gasteiger partial charge in [0.2, 0.25) is 11.8 Å². The Kier molecular flexibility index (Phi) is 3.92. The average molecular weight is 292 g/mol. The number of hydrogen-bond donors (Lipinski definition) is 1. The number of nitrogens with zero attached hydrogens (tertiary/aromatic N) is 3. The first kappa shape index (κ1) is 14.1. The highest BCUT2D eigenvalue weighted by Crippen LogP contribution is 2.35. The first-order valence-electron chi connectivity index (χ1n) is 7.38. The molecular formula is C14H20N4O3. The topological polar surface area (TPSA) is 76.5 Å². The zero-order valence-corrected chi connectivity index (χ0v) is 12.1. The van der Waals surface area contributed by atoms with Crippen LogP contribution in [0.25, 0.3) is 0 Å². The molecule has 7 heteroatoms. The van der Waals surface area contributed by atoms with Crippen LogP contribution in [0.2, 0.25) is 0 Å². The van der Waals surface area contributed by atoms with Crippen molar-refractivity contribution in [1.82, 2.24) is 20.0 Å². The molecule has 0 aliphatic carbocycles. The quantitative estimate of drug-likeness (QED) is 0.846. The van der Waals surface area contributed by atoms with Crippen LogP contribution in [-0.4, -0.2) is 52.7 Å². The Morgan fingerprint density at radius 1 is 1.57 bits per heavy atom. The minimum atomic E-state index is -0.247. The van der Waals surface area contributed by atoms with Crippen molar-refractivity contribution in [2.24, 2.45) is 5.92 Å². The maximum Gasteiger partial charge on any atom is 0.239 e. The Hall–Kier alpha value is -1.89. The predicted octanol–water partition coefficient (Wildman–Crippen LogP) is -0.0610. The molecule has 1 aromatic heterocycles. The maximum absolute atomic E-state index is 12.6. The zero-order chi connectivity index (χ0) is 14.8. The lowest BCUT2D eigenvalue weighted by molar-refractivity contribution is -0.142. The van der Waals surface area contributed by atoms with E-state index in [2.05, 4.69) is 10.4 Å². The Morgan fingerprint density at radius 3 is 3.14 bits per heavy atom. The van der Waals surface area contributed by atoms with Crippen LogP contribution in [0.15, 0.2) is 12.4 Å². The molecule has 2 atom stereocenters. The van der Waals surface area contributed by atoms with Crippen LogP contribution < -0.4 is 5.32 Å². The van der Waals surface area contributed by atoms with Crippen molar-refractivity contribution < 1.29 is 14.3 Å². The van der Waals surface area contributed by atoms with Gasteiger partial charge >= 0.3 is 0 Å². The summed E-state index contributed by atoms with van der Waals surface area (Å²) >= 11 is 0. The third-order valence-corrected chi connectivity index (χ3v) is 4.06. The number of rotatable bonds is 3. The van der Waals surface area contributed by atoms with Gasteiger partial charge in [-0.15, -0.1) is 0 Å². The molecule has 2 aliphatic heterocycles. The number of aryl methyl sites for hydroxylation is 1. The lowest BCUT2D eigenvalue weighted by Crippen LogP contribution is -2.51. The molecule has 0 bridgehead atoms. The molecule has 2 aliphatic rings. The second-order valence-corrected chi connectivity index (χ2v) is 5.43. The molecule has 7 nitrogen and oxygen atoms in total. The fourth-order valence-electron chi connectivity index (χ4n) is 2.93. The first-order chi connectivity index (χ1) is 10.2. The van der Waals surface area contributed by atoms with E-state index in [1.54, 1.807) is 11.1 Å². The van der Waals surface area contributed by atoms with Crippen LogP contribution in [0, 0.1) is 5.92 Å². The molecule has 2 saturated heterocycles. The summed E-state index contributed by atoms with van der Waals surface area (Å²) in [6.45, 7) is 4.62. The van der Waals surface area contributed by atoms with Gasteiger partial charge in [0.1, 0.15) is 0 Å². The lowest BCUT2D eigenvalue weighted by atomic mass is 9.95. The predicted molar refractivity (Wildman–Crippen MR) is 74.3 cm³/mol. The van der Waals surface area contributed by atoms with Gasteiger partial charge in [-0.1, -0.05) is 0 Å². The second-order valence-electron chi connectivity index (χ2n) is 5.43. The summed E-state index contributed by atoms with van der Waals surface area (Å²) < 4.78 is 7.57. The van der Waals surface area contributed by atoms with Crippen LogP contribution in [0.3, 0.4) is 0 Å². The third-order valence-electron chi connectivity index (χ3n) is 4.06. The SMILES string of the molecule is CCn1cc([C@H]2OCC[C@@H]2C(=O)N2CCNC(=O)C2)cn1. The van der Waals surface area contributed by atoms with Crippen molar-refractivity contribution in [3.63, 3.8) is 0 Å². The summed E-state index contributed by atoms with van der Waals surface area (Å²) in [5.41, 5.74) is 0.939. The minimum Gasteiger partial charge on any atom is -0.373 e. The largest absolute Gasteiger partial charge is 0.373 e. The molecule has 2 fully saturated rings. The highest BCUT2D eigenvalue weighted by molar-refractivity contribution is 5.87. The molecule has 21 heavy (non-hydrogen) atoms. The van der Waals surface area contributed by atoms with Crippen molar-refractivity contribution >= 4 is 11.8 Å². The molecule has 1 aromatic rings. The van der Waals surface area contributed by atoms with E-state index in [1.807, 2.05) is 17.8 Å². The monoisotopic (exact) mass is 292 g/mol. The van der Waals surface area contributed by atoms with Crippen molar-refractivity contribution in [3.8, 4) is 0 Å². The summed E-state index contributed by atoms with van der Waals surface area (Å²) in [5.74, 6) is -0.300. The van der Waals surface area contributed by atoms with E-state index < -0.39 is 0 Å². The van der Waals surface area contributed by atoms with Crippen LogP contribution in [0.4, 0.5) is 0 Å². The molecule has 3 rings (SSSR count). The van der Waals surface area contributed by atoms with Crippen LogP contribution in [0.1, 0.15) is 25.0 Å². The Morgan fingerprint density at radius 2 is 2.43 bits per heavy atom. The molecule has 0 saturated carbocycles. The number of hydrogen-bond acceptors (Lipinski definition) is 4. The fraction of sp³-hybridized carbons (Fsp3) is 0.643. The molecule has 2 amide bonds. The maximum atomic E-state index is 12.6. The lowest BCUT2D eigenvalue weighted by Gasteiger charge is -2.30. The van der Waals surface area contributed by atoms with E-state index in [0.29, 0.717) is 26.1 Å². The molecule has 114 valence electrons. The standard InChI is InChI=1S/C14H20N4O3/c1-2-18-8-10(7-16-18)13-11(3-6-21-13)14(20)17-5-4-15-12(19)9-17/h7-8,11,13H,2-6,9H2,1H3,(H,15,19)/t11-,13+/m0/s1. The number of carbonyl (C=O) groups excluding carboxylic acids is 2. The normalized spacial score (nSPS) is 26.0. The van der Waals surface area contributed by atoms with Crippen molar-refractivity contribution in [3.05, 3.63) is 18.0 Å². The summed E-state index contributed by atoms with van der Waals surface area (Å²) in [7, 11) is 0. The highest BCUT2D eigenvalue weighted by atomic mass is 16.5. The van der Waals surface area contributed by atoms with Crippen molar-refractivity contribution in [2.75, 3.05) is 26.2 Å². The number of aromatic nitrogens is 2. The fourth-order valence-corrected chi connectivity index (χ4v) is 2.93. The Labute approximate surface area is 123 Å². The van der Waals surface area contributed by atoms with E-state index in [4.69, 9.17) is 4.74 Å². The summed E-state index contributed by atoms with van der Waals surface area (Å²) in [6, 6.07) is 0. The molecule has 3 heterocycles. The minimum absolute atomic E-state index is 0.0107. The van der Waals surface area contributed by atoms with Crippen LogP contribution in [-0.2, 0) is 20.9 Å². The summed E-state index contributed by atoms with van der Waals surface area (Å²) in [6.07, 6.45) is 4.14. The van der Waals surface area contributed by atoms with Gasteiger partial charge in [-0.25, -0.2) is 0 Å². The smallest absolute Gasteiger partial charge is 0.239 e. The van der Waals surface area contributed by atoms with E-state index in [1.165, 1.54) is 0 Å². The Bertz CT molecular complexity index is 542. The number of carbonyl (C=O) groups is 2. The second kappa shape index (κ2) is 5.85. The summed E-state index contributed by atoms with van der Waals surface area (Å²) in [5, 5.41) is 6.98. The van der Waals surface area contributed by atoms with Gasteiger partial charge in [-0.3, -0.25) is 14.3 Å². The third kappa shape index (κ3) is 2.78. The van der Waals surface area contributed by atoms with Gasteiger partial charge < -0.3 is 15.0 Å². The van der Waals surface area contributed by atoms with Gasteiger partial charge in [0, 0.05) is 38.0 Å². The number of ether oxygens (including phenoxy) is 1. The van der Waals surface area contributed by atoms with Gasteiger partial charge in [0.25, 0.3) is 0 Å². The highest BCUT2D eigenvalue weighted by Gasteiger charge is 2.39. The van der Waals surface area contributed by atoms with Gasteiger partial charge in [-0.2, -0.15) is 5.10 Å². The van der Waals surface area contributed by atoms with Gasteiger partial charge in [0.05, 0.1) is 24.8 Å². The molecule has 0 aromatic carbocycles. The number of amides is 2. The van der Waals surface area contributed by atoms with Crippen molar-refractivity contribution in [1.29, 1.82) is 0 Å². The average Bonchev–Trinajstić information content (AvgIpc) is 3.14. The van der Waals surface area contributed by atoms with E-state index >= 15 is 0 Å². The molecule has 1 N–H and O–H groups in total. The molecule has 0 unspecified atom stereocenters. The number of nitrogens with one attached hydrogen (secondary N) is 1. The van der Waals surface area contributed by atoms with E-state index in [0.717, 1.165) is 12.1 Å². The first-order valence-corrected chi connectivity index (χ1v) is 7.38. The summed E-state index contributed by atoms with van der Waals surface area (Å²) in [4.78, 5) is 25.7. The zero-order valence-electron chi connectivity index (χ0n) is 12.1. The Balaban J connectivity index is 1.73. The van der Waals surface area contributed by atoms with Crippen LogP contribution in [0.5, 0.6) is 0 Å². The van der Waals surface area contributed by atoms with E-state index in [9.17, 15) is 9.59 Å². The van der Waals surface area contributed by atoms with Gasteiger partial charge in [0.15, 0.2) is 0 Å². The van der Waals surface area contributed by atoms with E-state index in [-0.39, 0.29) is 30.4 Å². The number of piperazine rings is 1. The molecule has 0 spiro atoms.